The highest BCUT2D eigenvalue weighted by molar-refractivity contribution is 9.10. The fourth-order valence-electron chi connectivity index (χ4n) is 3.34. The summed E-state index contributed by atoms with van der Waals surface area (Å²) in [5, 5.41) is 0.122. The fourth-order valence-corrected chi connectivity index (χ4v) is 3.82. The summed E-state index contributed by atoms with van der Waals surface area (Å²) in [5.41, 5.74) is 3.51. The summed E-state index contributed by atoms with van der Waals surface area (Å²) < 4.78 is 15.0. The molecule has 2 unspecified atom stereocenters. The first-order chi connectivity index (χ1) is 9.38. The molecule has 0 amide bonds. The number of nitrogens with one attached hydrogen (secondary N) is 1. The lowest BCUT2D eigenvalue weighted by atomic mass is 9.65. The Morgan fingerprint density at radius 2 is 2.15 bits per heavy atom. The van der Waals surface area contributed by atoms with Gasteiger partial charge in [-0.05, 0) is 46.2 Å². The van der Waals surface area contributed by atoms with E-state index in [1.54, 1.807) is 12.1 Å². The average Bonchev–Trinajstić information content (AvgIpc) is 2.40. The van der Waals surface area contributed by atoms with Crippen molar-refractivity contribution in [2.75, 3.05) is 0 Å². The van der Waals surface area contributed by atoms with E-state index in [9.17, 15) is 4.39 Å². The second kappa shape index (κ2) is 6.30. The van der Waals surface area contributed by atoms with Gasteiger partial charge < -0.3 is 0 Å². The van der Waals surface area contributed by atoms with E-state index in [0.29, 0.717) is 16.0 Å². The van der Waals surface area contributed by atoms with Crippen LogP contribution in [0, 0.1) is 17.2 Å². The van der Waals surface area contributed by atoms with Crippen LogP contribution in [0.15, 0.2) is 16.6 Å². The monoisotopic (exact) mass is 362 g/mol. The van der Waals surface area contributed by atoms with E-state index in [4.69, 9.17) is 17.4 Å². The number of hydrazine groups is 1. The minimum absolute atomic E-state index is 0.122. The number of rotatable bonds is 3. The van der Waals surface area contributed by atoms with Gasteiger partial charge in [-0.2, -0.15) is 0 Å². The van der Waals surface area contributed by atoms with E-state index in [-0.39, 0.29) is 22.3 Å². The Morgan fingerprint density at radius 3 is 2.75 bits per heavy atom. The molecule has 112 valence electrons. The normalized spacial score (nSPS) is 23.6. The van der Waals surface area contributed by atoms with Crippen molar-refractivity contribution < 1.29 is 4.39 Å². The number of benzene rings is 1. The van der Waals surface area contributed by atoms with Crippen molar-refractivity contribution in [1.29, 1.82) is 0 Å². The minimum atomic E-state index is -0.384. The van der Waals surface area contributed by atoms with Crippen molar-refractivity contribution in [3.8, 4) is 0 Å². The van der Waals surface area contributed by atoms with Gasteiger partial charge in [0, 0.05) is 10.0 Å². The molecular weight excluding hydrogens is 343 g/mol. The van der Waals surface area contributed by atoms with Crippen molar-refractivity contribution in [2.45, 2.75) is 45.6 Å². The van der Waals surface area contributed by atoms with E-state index >= 15 is 0 Å². The topological polar surface area (TPSA) is 38.0 Å². The lowest BCUT2D eigenvalue weighted by Gasteiger charge is -2.43. The predicted octanol–water partition coefficient (Wildman–Crippen LogP) is 4.96. The Labute approximate surface area is 133 Å². The van der Waals surface area contributed by atoms with Gasteiger partial charge in [0.2, 0.25) is 0 Å². The second-order valence-corrected chi connectivity index (χ2v) is 7.48. The van der Waals surface area contributed by atoms with Crippen molar-refractivity contribution in [3.63, 3.8) is 0 Å². The summed E-state index contributed by atoms with van der Waals surface area (Å²) in [6, 6.07) is 3.33. The van der Waals surface area contributed by atoms with Crippen LogP contribution in [-0.2, 0) is 0 Å². The molecule has 1 aliphatic carbocycles. The van der Waals surface area contributed by atoms with Crippen LogP contribution in [-0.4, -0.2) is 0 Å². The van der Waals surface area contributed by atoms with Crippen LogP contribution in [0.25, 0.3) is 0 Å². The van der Waals surface area contributed by atoms with Crippen molar-refractivity contribution in [2.24, 2.45) is 17.2 Å². The van der Waals surface area contributed by atoms with E-state index in [1.807, 2.05) is 0 Å². The smallest absolute Gasteiger partial charge is 0.147 e. The molecule has 0 aliphatic heterocycles. The van der Waals surface area contributed by atoms with Crippen LogP contribution in [0.1, 0.15) is 51.1 Å². The molecule has 0 saturated heterocycles. The maximum absolute atomic E-state index is 14.4. The Kier molecular flexibility index (Phi) is 5.11. The Morgan fingerprint density at radius 1 is 1.45 bits per heavy atom. The molecule has 5 heteroatoms. The third-order valence-corrected chi connectivity index (χ3v) is 5.83. The third kappa shape index (κ3) is 3.03. The molecule has 20 heavy (non-hydrogen) atoms. The van der Waals surface area contributed by atoms with Crippen LogP contribution in [0.4, 0.5) is 4.39 Å². The van der Waals surface area contributed by atoms with E-state index in [0.717, 1.165) is 19.3 Å². The fraction of sp³-hybridized carbons (Fsp3) is 0.600. The van der Waals surface area contributed by atoms with Gasteiger partial charge in [0.1, 0.15) is 5.82 Å². The third-order valence-electron chi connectivity index (χ3n) is 4.57. The molecule has 0 radical (unpaired) electrons. The molecule has 1 aromatic carbocycles. The van der Waals surface area contributed by atoms with E-state index < -0.39 is 0 Å². The summed E-state index contributed by atoms with van der Waals surface area (Å²) in [7, 11) is 0. The zero-order valence-electron chi connectivity index (χ0n) is 11.8. The van der Waals surface area contributed by atoms with Gasteiger partial charge in [-0.25, -0.2) is 4.39 Å². The number of hydrogen-bond acceptors (Lipinski definition) is 2. The van der Waals surface area contributed by atoms with Crippen molar-refractivity contribution in [3.05, 3.63) is 33.0 Å². The zero-order valence-corrected chi connectivity index (χ0v) is 14.2. The highest BCUT2D eigenvalue weighted by Gasteiger charge is 2.39. The second-order valence-electron chi connectivity index (χ2n) is 6.25. The maximum Gasteiger partial charge on any atom is 0.147 e. The molecule has 2 atom stereocenters. The van der Waals surface area contributed by atoms with Gasteiger partial charge in [0.15, 0.2) is 0 Å². The van der Waals surface area contributed by atoms with Gasteiger partial charge in [0.25, 0.3) is 0 Å². The van der Waals surface area contributed by atoms with E-state index in [1.165, 1.54) is 6.42 Å². The number of hydrogen-bond donors (Lipinski definition) is 2. The molecule has 0 bridgehead atoms. The Bertz CT molecular complexity index is 493. The lowest BCUT2D eigenvalue weighted by molar-refractivity contribution is 0.0968. The highest BCUT2D eigenvalue weighted by Crippen LogP contribution is 2.47. The molecular formula is C15H21BrClFN2. The number of nitrogens with two attached hydrogens (primary N) is 1. The van der Waals surface area contributed by atoms with Gasteiger partial charge in [0.05, 0.1) is 11.1 Å². The molecule has 1 aromatic rings. The molecule has 3 N–H and O–H groups in total. The average molecular weight is 364 g/mol. The first-order valence-corrected chi connectivity index (χ1v) is 8.15. The molecule has 1 saturated carbocycles. The number of halogens is 3. The predicted molar refractivity (Wildman–Crippen MR) is 84.9 cm³/mol. The summed E-state index contributed by atoms with van der Waals surface area (Å²) in [5.74, 6) is 5.66. The molecule has 0 aromatic heterocycles. The molecule has 2 rings (SSSR count). The zero-order chi connectivity index (χ0) is 14.9. The maximum atomic E-state index is 14.4. The van der Waals surface area contributed by atoms with Crippen molar-refractivity contribution in [1.82, 2.24) is 5.43 Å². The van der Waals surface area contributed by atoms with Crippen LogP contribution in [0.3, 0.4) is 0 Å². The van der Waals surface area contributed by atoms with Crippen LogP contribution in [0.2, 0.25) is 5.02 Å². The van der Waals surface area contributed by atoms with Gasteiger partial charge >= 0.3 is 0 Å². The summed E-state index contributed by atoms with van der Waals surface area (Å²) in [4.78, 5) is 0. The van der Waals surface area contributed by atoms with Gasteiger partial charge in [-0.15, -0.1) is 0 Å². The molecule has 1 fully saturated rings. The van der Waals surface area contributed by atoms with Gasteiger partial charge in [-0.3, -0.25) is 11.3 Å². The largest absolute Gasteiger partial charge is 0.271 e. The minimum Gasteiger partial charge on any atom is -0.271 e. The first-order valence-electron chi connectivity index (χ1n) is 6.98. The standard InChI is InChI=1S/C15H21BrClFN2/c1-15(2)8-4-3-5-10(15)14(20-19)9-6-7-11(16)12(17)13(9)18/h6-7,10,14,20H,3-5,8,19H2,1-2H3. The van der Waals surface area contributed by atoms with Crippen LogP contribution < -0.4 is 11.3 Å². The van der Waals surface area contributed by atoms with E-state index in [2.05, 4.69) is 35.2 Å². The van der Waals surface area contributed by atoms with Crippen LogP contribution in [0.5, 0.6) is 0 Å². The summed E-state index contributed by atoms with van der Waals surface area (Å²) >= 11 is 9.25. The lowest BCUT2D eigenvalue weighted by Crippen LogP contribution is -2.42. The summed E-state index contributed by atoms with van der Waals surface area (Å²) in [6.45, 7) is 4.47. The summed E-state index contributed by atoms with van der Waals surface area (Å²) in [6.07, 6.45) is 4.58. The quantitative estimate of drug-likeness (QED) is 0.452. The molecule has 0 spiro atoms. The Balaban J connectivity index is 2.40. The van der Waals surface area contributed by atoms with Crippen molar-refractivity contribution >= 4 is 27.5 Å². The highest BCUT2D eigenvalue weighted by atomic mass is 79.9. The Hall–Kier alpha value is -0.160. The van der Waals surface area contributed by atoms with Crippen LogP contribution >= 0.6 is 27.5 Å². The molecule has 1 aliphatic rings. The SMILES string of the molecule is CC1(C)CCCCC1C(NN)c1ccc(Br)c(Cl)c1F. The van der Waals surface area contributed by atoms with Gasteiger partial charge in [-0.1, -0.05) is 44.4 Å². The molecule has 2 nitrogen and oxygen atoms in total. The molecule has 0 heterocycles. The first kappa shape index (κ1) is 16.2.